The summed E-state index contributed by atoms with van der Waals surface area (Å²) in [5.41, 5.74) is 2.83. The normalized spacial score (nSPS) is 10.6. The van der Waals surface area contributed by atoms with E-state index >= 15 is 0 Å². The van der Waals surface area contributed by atoms with Crippen molar-refractivity contribution in [2.24, 2.45) is 0 Å². The van der Waals surface area contributed by atoms with Gasteiger partial charge in [-0.25, -0.2) is 4.39 Å². The Balaban J connectivity index is 1.55. The largest absolute Gasteiger partial charge is 0.494 e. The first kappa shape index (κ1) is 19.5. The van der Waals surface area contributed by atoms with E-state index in [0.717, 1.165) is 11.3 Å². The molecule has 2 aromatic carbocycles. The molecule has 6 heteroatoms. The molecular weight excluding hydrogens is 361 g/mol. The Morgan fingerprint density at radius 1 is 1.07 bits per heavy atom. The molecule has 3 rings (SSSR count). The van der Waals surface area contributed by atoms with Crippen LogP contribution in [-0.4, -0.2) is 13.0 Å². The summed E-state index contributed by atoms with van der Waals surface area (Å²) in [6, 6.07) is 13.7. The van der Waals surface area contributed by atoms with Gasteiger partial charge < -0.3 is 19.2 Å². The number of carbonyl (C=O) groups is 1. The summed E-state index contributed by atoms with van der Waals surface area (Å²) in [4.78, 5) is 12.2. The third-order valence-electron chi connectivity index (χ3n) is 4.26. The van der Waals surface area contributed by atoms with Crippen LogP contribution in [0.4, 0.5) is 4.39 Å². The van der Waals surface area contributed by atoms with Gasteiger partial charge in [0.25, 0.3) is 5.91 Å². The van der Waals surface area contributed by atoms with Crippen LogP contribution in [-0.2, 0) is 13.2 Å². The van der Waals surface area contributed by atoms with Gasteiger partial charge in [0.05, 0.1) is 7.11 Å². The van der Waals surface area contributed by atoms with Gasteiger partial charge in [0, 0.05) is 6.54 Å². The summed E-state index contributed by atoms with van der Waals surface area (Å²) in [7, 11) is 1.40. The van der Waals surface area contributed by atoms with Crippen LogP contribution in [0, 0.1) is 19.7 Å². The quantitative estimate of drug-likeness (QED) is 0.650. The number of nitrogens with one attached hydrogen (secondary N) is 1. The Bertz CT molecular complexity index is 980. The lowest BCUT2D eigenvalue weighted by Gasteiger charge is -2.08. The maximum Gasteiger partial charge on any atom is 0.287 e. The predicted octanol–water partition coefficient (Wildman–Crippen LogP) is 4.55. The molecule has 0 spiro atoms. The van der Waals surface area contributed by atoms with E-state index in [1.807, 2.05) is 32.0 Å². The van der Waals surface area contributed by atoms with E-state index in [0.29, 0.717) is 11.3 Å². The smallest absolute Gasteiger partial charge is 0.287 e. The van der Waals surface area contributed by atoms with E-state index in [4.69, 9.17) is 13.9 Å². The zero-order chi connectivity index (χ0) is 20.1. The van der Waals surface area contributed by atoms with Gasteiger partial charge in [0.15, 0.2) is 17.3 Å². The van der Waals surface area contributed by atoms with E-state index in [-0.39, 0.29) is 30.6 Å². The number of carbonyl (C=O) groups excluding carboxylic acids is 1. The number of hydrogen-bond acceptors (Lipinski definition) is 4. The molecule has 5 nitrogen and oxygen atoms in total. The van der Waals surface area contributed by atoms with Crippen LogP contribution in [0.25, 0.3) is 0 Å². The van der Waals surface area contributed by atoms with Crippen molar-refractivity contribution in [1.82, 2.24) is 5.32 Å². The molecule has 0 unspecified atom stereocenters. The van der Waals surface area contributed by atoms with Gasteiger partial charge >= 0.3 is 0 Å². The first-order chi connectivity index (χ1) is 13.5. The summed E-state index contributed by atoms with van der Waals surface area (Å²) in [5.74, 6) is 0.796. The summed E-state index contributed by atoms with van der Waals surface area (Å²) >= 11 is 0. The Labute approximate surface area is 163 Å². The average Bonchev–Trinajstić information content (AvgIpc) is 3.14. The number of ether oxygens (including phenoxy) is 2. The van der Waals surface area contributed by atoms with Crippen molar-refractivity contribution in [1.29, 1.82) is 0 Å². The van der Waals surface area contributed by atoms with Crippen molar-refractivity contribution in [2.45, 2.75) is 27.0 Å². The molecule has 0 radical (unpaired) electrons. The Morgan fingerprint density at radius 3 is 2.57 bits per heavy atom. The lowest BCUT2D eigenvalue weighted by Crippen LogP contribution is -2.22. The fourth-order valence-electron chi connectivity index (χ4n) is 2.78. The molecule has 3 aromatic rings. The van der Waals surface area contributed by atoms with Crippen LogP contribution in [0.1, 0.15) is 33.0 Å². The number of hydrogen-bond donors (Lipinski definition) is 1. The Morgan fingerprint density at radius 2 is 1.86 bits per heavy atom. The first-order valence-corrected chi connectivity index (χ1v) is 8.85. The molecule has 1 N–H and O–H groups in total. The number of methoxy groups -OCH3 is 1. The maximum absolute atomic E-state index is 13.7. The number of halogens is 1. The molecule has 0 atom stereocenters. The van der Waals surface area contributed by atoms with E-state index < -0.39 is 5.82 Å². The first-order valence-electron chi connectivity index (χ1n) is 8.85. The fraction of sp³-hybridized carbons (Fsp3) is 0.227. The molecular formula is C22H22FNO4. The van der Waals surface area contributed by atoms with Gasteiger partial charge in [-0.15, -0.1) is 0 Å². The van der Waals surface area contributed by atoms with Crippen molar-refractivity contribution in [3.63, 3.8) is 0 Å². The van der Waals surface area contributed by atoms with Gasteiger partial charge in [0.1, 0.15) is 18.1 Å². The highest BCUT2D eigenvalue weighted by Gasteiger charge is 2.12. The second-order valence-electron chi connectivity index (χ2n) is 6.48. The van der Waals surface area contributed by atoms with E-state index in [2.05, 4.69) is 5.32 Å². The summed E-state index contributed by atoms with van der Waals surface area (Å²) in [6.07, 6.45) is 0. The van der Waals surface area contributed by atoms with Gasteiger partial charge in [-0.2, -0.15) is 0 Å². The third kappa shape index (κ3) is 4.71. The highest BCUT2D eigenvalue weighted by atomic mass is 19.1. The van der Waals surface area contributed by atoms with E-state index in [1.54, 1.807) is 18.2 Å². The van der Waals surface area contributed by atoms with Gasteiger partial charge in [-0.1, -0.05) is 23.8 Å². The molecule has 0 bridgehead atoms. The molecule has 0 saturated carbocycles. The van der Waals surface area contributed by atoms with Crippen LogP contribution in [0.3, 0.4) is 0 Å². The van der Waals surface area contributed by atoms with Gasteiger partial charge in [0.2, 0.25) is 0 Å². The minimum absolute atomic E-state index is 0.162. The topological polar surface area (TPSA) is 60.7 Å². The molecule has 1 amide bonds. The zero-order valence-corrected chi connectivity index (χ0v) is 16.0. The van der Waals surface area contributed by atoms with Crippen molar-refractivity contribution >= 4 is 5.91 Å². The monoisotopic (exact) mass is 383 g/mol. The van der Waals surface area contributed by atoms with Gasteiger partial charge in [-0.05, 0) is 55.3 Å². The summed E-state index contributed by atoms with van der Waals surface area (Å²) in [6.45, 7) is 4.40. The zero-order valence-electron chi connectivity index (χ0n) is 16.0. The predicted molar refractivity (Wildman–Crippen MR) is 103 cm³/mol. The molecule has 146 valence electrons. The number of furan rings is 1. The van der Waals surface area contributed by atoms with Crippen LogP contribution in [0.2, 0.25) is 0 Å². The summed E-state index contributed by atoms with van der Waals surface area (Å²) in [5, 5.41) is 2.70. The minimum Gasteiger partial charge on any atom is -0.494 e. The van der Waals surface area contributed by atoms with Crippen molar-refractivity contribution in [3.8, 4) is 11.5 Å². The molecule has 1 aromatic heterocycles. The highest BCUT2D eigenvalue weighted by Crippen LogP contribution is 2.21. The summed E-state index contributed by atoms with van der Waals surface area (Å²) < 4.78 is 29.9. The maximum atomic E-state index is 13.7. The molecule has 0 aliphatic carbocycles. The van der Waals surface area contributed by atoms with E-state index in [9.17, 15) is 9.18 Å². The number of rotatable bonds is 7. The number of amides is 1. The second-order valence-corrected chi connectivity index (χ2v) is 6.48. The standard InChI is InChI=1S/C22H22FNO4/c1-14-4-7-19(15(2)10-14)27-13-17-6-9-21(28-17)22(25)24-12-16-5-8-20(26-3)18(23)11-16/h4-11H,12-13H2,1-3H3,(H,24,25). The molecule has 0 aliphatic heterocycles. The lowest BCUT2D eigenvalue weighted by atomic mass is 10.1. The molecule has 28 heavy (non-hydrogen) atoms. The Hall–Kier alpha value is -3.28. The van der Waals surface area contributed by atoms with E-state index in [1.165, 1.54) is 24.8 Å². The number of aryl methyl sites for hydroxylation is 2. The molecule has 1 heterocycles. The van der Waals surface area contributed by atoms with Crippen LogP contribution in [0.5, 0.6) is 11.5 Å². The number of benzene rings is 2. The lowest BCUT2D eigenvalue weighted by molar-refractivity contribution is 0.0919. The molecule has 0 aliphatic rings. The second kappa shape index (κ2) is 8.61. The SMILES string of the molecule is COc1ccc(CNC(=O)c2ccc(COc3ccc(C)cc3C)o2)cc1F. The van der Waals surface area contributed by atoms with Crippen LogP contribution in [0.15, 0.2) is 52.9 Å². The van der Waals surface area contributed by atoms with Crippen LogP contribution < -0.4 is 14.8 Å². The van der Waals surface area contributed by atoms with Crippen molar-refractivity contribution < 1.29 is 23.1 Å². The van der Waals surface area contributed by atoms with Crippen molar-refractivity contribution in [3.05, 3.63) is 82.6 Å². The average molecular weight is 383 g/mol. The van der Waals surface area contributed by atoms with Crippen molar-refractivity contribution in [2.75, 3.05) is 7.11 Å². The minimum atomic E-state index is -0.474. The fourth-order valence-corrected chi connectivity index (χ4v) is 2.78. The third-order valence-corrected chi connectivity index (χ3v) is 4.26. The Kier molecular flexibility index (Phi) is 5.99. The van der Waals surface area contributed by atoms with Crippen LogP contribution >= 0.6 is 0 Å². The molecule has 0 saturated heterocycles. The highest BCUT2D eigenvalue weighted by molar-refractivity contribution is 5.91. The van der Waals surface area contributed by atoms with Gasteiger partial charge in [-0.3, -0.25) is 4.79 Å². The molecule has 0 fully saturated rings.